The molecule has 3 aromatic rings. The maximum absolute atomic E-state index is 5.78. The lowest BCUT2D eigenvalue weighted by atomic mass is 10.1. The van der Waals surface area contributed by atoms with Crippen molar-refractivity contribution in [3.63, 3.8) is 0 Å². The SMILES string of the molecule is CCc1ccc(-c2noc(C(C)OCc3ccncc3)n2)cc1. The molecular formula is C18H19N3O2. The van der Waals surface area contributed by atoms with E-state index in [9.17, 15) is 0 Å². The van der Waals surface area contributed by atoms with Gasteiger partial charge in [0, 0.05) is 18.0 Å². The van der Waals surface area contributed by atoms with Crippen LogP contribution in [0.25, 0.3) is 11.4 Å². The third kappa shape index (κ3) is 3.81. The van der Waals surface area contributed by atoms with Crippen molar-refractivity contribution in [2.45, 2.75) is 33.0 Å². The molecule has 0 amide bonds. The van der Waals surface area contributed by atoms with Crippen LogP contribution in [0, 0.1) is 0 Å². The molecule has 5 nitrogen and oxygen atoms in total. The summed E-state index contributed by atoms with van der Waals surface area (Å²) >= 11 is 0. The predicted octanol–water partition coefficient (Wildman–Crippen LogP) is 3.97. The Morgan fingerprint density at radius 2 is 1.78 bits per heavy atom. The van der Waals surface area contributed by atoms with Crippen LogP contribution in [0.5, 0.6) is 0 Å². The molecule has 0 spiro atoms. The van der Waals surface area contributed by atoms with Crippen molar-refractivity contribution in [1.82, 2.24) is 15.1 Å². The van der Waals surface area contributed by atoms with E-state index in [2.05, 4.69) is 34.2 Å². The monoisotopic (exact) mass is 309 g/mol. The largest absolute Gasteiger partial charge is 0.364 e. The smallest absolute Gasteiger partial charge is 0.255 e. The standard InChI is InChI=1S/C18H19N3O2/c1-3-14-4-6-16(7-5-14)17-20-18(23-21-17)13(2)22-12-15-8-10-19-11-9-15/h4-11,13H,3,12H2,1-2H3. The Bertz CT molecular complexity index is 738. The number of hydrogen-bond donors (Lipinski definition) is 0. The maximum atomic E-state index is 5.78. The summed E-state index contributed by atoms with van der Waals surface area (Å²) in [5, 5.41) is 4.04. The summed E-state index contributed by atoms with van der Waals surface area (Å²) in [5.41, 5.74) is 3.28. The highest BCUT2D eigenvalue weighted by Crippen LogP contribution is 2.21. The molecule has 0 aliphatic rings. The molecule has 5 heteroatoms. The molecule has 0 saturated heterocycles. The van der Waals surface area contributed by atoms with E-state index >= 15 is 0 Å². The first-order chi connectivity index (χ1) is 11.3. The number of aryl methyl sites for hydroxylation is 1. The van der Waals surface area contributed by atoms with Gasteiger partial charge >= 0.3 is 0 Å². The quantitative estimate of drug-likeness (QED) is 0.689. The molecule has 3 rings (SSSR count). The second kappa shape index (κ2) is 7.15. The van der Waals surface area contributed by atoms with Crippen molar-refractivity contribution in [2.75, 3.05) is 0 Å². The van der Waals surface area contributed by atoms with Crippen LogP contribution < -0.4 is 0 Å². The minimum absolute atomic E-state index is 0.265. The van der Waals surface area contributed by atoms with E-state index in [-0.39, 0.29) is 6.10 Å². The molecule has 118 valence electrons. The van der Waals surface area contributed by atoms with Gasteiger partial charge in [-0.3, -0.25) is 4.98 Å². The first kappa shape index (κ1) is 15.4. The molecule has 0 radical (unpaired) electrons. The van der Waals surface area contributed by atoms with Crippen molar-refractivity contribution >= 4 is 0 Å². The predicted molar refractivity (Wildman–Crippen MR) is 86.6 cm³/mol. The summed E-state index contributed by atoms with van der Waals surface area (Å²) in [6.07, 6.45) is 4.24. The summed E-state index contributed by atoms with van der Waals surface area (Å²) < 4.78 is 11.1. The van der Waals surface area contributed by atoms with Crippen LogP contribution in [0.1, 0.15) is 37.0 Å². The Labute approximate surface area is 135 Å². The molecule has 0 fully saturated rings. The maximum Gasteiger partial charge on any atom is 0.255 e. The van der Waals surface area contributed by atoms with E-state index < -0.39 is 0 Å². The average molecular weight is 309 g/mol. The zero-order valence-corrected chi connectivity index (χ0v) is 13.3. The Morgan fingerprint density at radius 3 is 2.48 bits per heavy atom. The van der Waals surface area contributed by atoms with Crippen LogP contribution in [0.3, 0.4) is 0 Å². The molecule has 0 N–H and O–H groups in total. The summed E-state index contributed by atoms with van der Waals surface area (Å²) in [7, 11) is 0. The summed E-state index contributed by atoms with van der Waals surface area (Å²) in [4.78, 5) is 8.42. The van der Waals surface area contributed by atoms with Gasteiger partial charge in [0.05, 0.1) is 6.61 Å². The van der Waals surface area contributed by atoms with Crippen LogP contribution in [-0.4, -0.2) is 15.1 Å². The van der Waals surface area contributed by atoms with Gasteiger partial charge in [-0.1, -0.05) is 36.3 Å². The highest BCUT2D eigenvalue weighted by molar-refractivity contribution is 5.54. The van der Waals surface area contributed by atoms with Crippen LogP contribution in [0.2, 0.25) is 0 Å². The minimum atomic E-state index is -0.265. The fourth-order valence-electron chi connectivity index (χ4n) is 2.18. The van der Waals surface area contributed by atoms with Gasteiger partial charge in [0.2, 0.25) is 5.82 Å². The van der Waals surface area contributed by atoms with Crippen molar-refractivity contribution in [1.29, 1.82) is 0 Å². The van der Waals surface area contributed by atoms with Gasteiger partial charge in [-0.2, -0.15) is 4.98 Å². The second-order valence-corrected chi connectivity index (χ2v) is 5.32. The lowest BCUT2D eigenvalue weighted by Crippen LogP contribution is -2.01. The molecule has 2 heterocycles. The number of aromatic nitrogens is 3. The molecule has 1 unspecified atom stereocenters. The number of hydrogen-bond acceptors (Lipinski definition) is 5. The zero-order chi connectivity index (χ0) is 16.1. The highest BCUT2D eigenvalue weighted by atomic mass is 16.5. The lowest BCUT2D eigenvalue weighted by molar-refractivity contribution is 0.0307. The van der Waals surface area contributed by atoms with E-state index in [1.807, 2.05) is 31.2 Å². The number of pyridine rings is 1. The van der Waals surface area contributed by atoms with Gasteiger partial charge in [0.15, 0.2) is 0 Å². The molecule has 1 aromatic carbocycles. The molecule has 0 saturated carbocycles. The van der Waals surface area contributed by atoms with Gasteiger partial charge < -0.3 is 9.26 Å². The number of ether oxygens (including phenoxy) is 1. The molecular weight excluding hydrogens is 290 g/mol. The third-order valence-electron chi connectivity index (χ3n) is 3.66. The minimum Gasteiger partial charge on any atom is -0.364 e. The van der Waals surface area contributed by atoms with E-state index in [4.69, 9.17) is 9.26 Å². The van der Waals surface area contributed by atoms with E-state index in [0.717, 1.165) is 17.5 Å². The molecule has 2 aromatic heterocycles. The Kier molecular flexibility index (Phi) is 4.78. The van der Waals surface area contributed by atoms with Crippen molar-refractivity contribution in [2.24, 2.45) is 0 Å². The van der Waals surface area contributed by atoms with Crippen molar-refractivity contribution in [3.8, 4) is 11.4 Å². The fraction of sp³-hybridized carbons (Fsp3) is 0.278. The van der Waals surface area contributed by atoms with Crippen LogP contribution in [0.4, 0.5) is 0 Å². The van der Waals surface area contributed by atoms with Gasteiger partial charge in [0.1, 0.15) is 6.10 Å². The lowest BCUT2D eigenvalue weighted by Gasteiger charge is -2.08. The van der Waals surface area contributed by atoms with Crippen LogP contribution >= 0.6 is 0 Å². The molecule has 23 heavy (non-hydrogen) atoms. The molecule has 0 aliphatic heterocycles. The first-order valence-electron chi connectivity index (χ1n) is 7.69. The number of rotatable bonds is 6. The Hall–Kier alpha value is -2.53. The Morgan fingerprint density at radius 1 is 1.04 bits per heavy atom. The number of benzene rings is 1. The topological polar surface area (TPSA) is 61.0 Å². The van der Waals surface area contributed by atoms with Gasteiger partial charge in [0.25, 0.3) is 5.89 Å². The van der Waals surface area contributed by atoms with Crippen molar-refractivity contribution in [3.05, 3.63) is 65.8 Å². The van der Waals surface area contributed by atoms with E-state index in [1.54, 1.807) is 12.4 Å². The first-order valence-corrected chi connectivity index (χ1v) is 7.69. The average Bonchev–Trinajstić information content (AvgIpc) is 3.11. The Balaban J connectivity index is 1.65. The summed E-state index contributed by atoms with van der Waals surface area (Å²) in [5.74, 6) is 1.07. The highest BCUT2D eigenvalue weighted by Gasteiger charge is 2.15. The molecule has 1 atom stereocenters. The van der Waals surface area contributed by atoms with Crippen LogP contribution in [0.15, 0.2) is 53.3 Å². The van der Waals surface area contributed by atoms with Gasteiger partial charge in [-0.15, -0.1) is 0 Å². The van der Waals surface area contributed by atoms with Gasteiger partial charge in [-0.25, -0.2) is 0 Å². The fourth-order valence-corrected chi connectivity index (χ4v) is 2.18. The van der Waals surface area contributed by atoms with Crippen molar-refractivity contribution < 1.29 is 9.26 Å². The summed E-state index contributed by atoms with van der Waals surface area (Å²) in [6, 6.07) is 12.0. The summed E-state index contributed by atoms with van der Waals surface area (Å²) in [6.45, 7) is 4.51. The van der Waals surface area contributed by atoms with E-state index in [1.165, 1.54) is 5.56 Å². The number of nitrogens with zero attached hydrogens (tertiary/aromatic N) is 3. The third-order valence-corrected chi connectivity index (χ3v) is 3.66. The van der Waals surface area contributed by atoms with Gasteiger partial charge in [-0.05, 0) is 36.6 Å². The zero-order valence-electron chi connectivity index (χ0n) is 13.3. The van der Waals surface area contributed by atoms with Crippen LogP contribution in [-0.2, 0) is 17.8 Å². The normalized spacial score (nSPS) is 12.3. The van der Waals surface area contributed by atoms with E-state index in [0.29, 0.717) is 18.3 Å². The molecule has 0 bridgehead atoms. The molecule has 0 aliphatic carbocycles. The second-order valence-electron chi connectivity index (χ2n) is 5.32.